The predicted octanol–water partition coefficient (Wildman–Crippen LogP) is 0.931. The van der Waals surface area contributed by atoms with Crippen LogP contribution in [0.1, 0.15) is 12.0 Å². The Morgan fingerprint density at radius 3 is 2.53 bits per heavy atom. The van der Waals surface area contributed by atoms with Gasteiger partial charge in [0.1, 0.15) is 6.10 Å². The molecule has 0 saturated carbocycles. The van der Waals surface area contributed by atoms with Gasteiger partial charge in [-0.1, -0.05) is 17.7 Å². The maximum atomic E-state index is 12.4. The highest BCUT2D eigenvalue weighted by Crippen LogP contribution is 2.32. The summed E-state index contributed by atoms with van der Waals surface area (Å²) in [5.41, 5.74) is 1.02. The van der Waals surface area contributed by atoms with Gasteiger partial charge in [-0.05, 0) is 19.1 Å². The number of nitrogens with zero attached hydrogens (tertiary/aromatic N) is 1. The fourth-order valence-corrected chi connectivity index (χ4v) is 4.13. The topological polar surface area (TPSA) is 63.7 Å². The first-order valence-corrected chi connectivity index (χ1v) is 7.67. The fraction of sp³-hybridized carbons (Fsp3) is 0.462. The highest BCUT2D eigenvalue weighted by Gasteiger charge is 2.46. The van der Waals surface area contributed by atoms with Gasteiger partial charge in [-0.2, -0.15) is 4.31 Å². The van der Waals surface area contributed by atoms with E-state index >= 15 is 0 Å². The normalized spacial score (nSPS) is 27.3. The number of aryl methyl sites for hydroxylation is 1. The first kappa shape index (κ1) is 12.6. The molecule has 2 aliphatic rings. The molecule has 5 nitrogen and oxygen atoms in total. The number of rotatable bonds is 2. The predicted molar refractivity (Wildman–Crippen MR) is 67.9 cm³/mol. The molecule has 0 unspecified atom stereocenters. The van der Waals surface area contributed by atoms with Crippen LogP contribution < -0.4 is 0 Å². The molecule has 0 bridgehead atoms. The molecule has 6 heteroatoms. The van der Waals surface area contributed by atoms with Crippen LogP contribution in [0.25, 0.3) is 0 Å². The Bertz CT molecular complexity index is 592. The van der Waals surface area contributed by atoms with Crippen LogP contribution in [0, 0.1) is 12.8 Å². The molecule has 0 aromatic heterocycles. The van der Waals surface area contributed by atoms with Crippen LogP contribution in [0.4, 0.5) is 0 Å². The lowest BCUT2D eigenvalue weighted by Crippen LogP contribution is -2.31. The third-order valence-electron chi connectivity index (χ3n) is 3.72. The number of sulfonamides is 1. The summed E-state index contributed by atoms with van der Waals surface area (Å²) in [6.07, 6.45) is 0.0534. The molecule has 2 atom stereocenters. The van der Waals surface area contributed by atoms with Gasteiger partial charge in [-0.3, -0.25) is 4.79 Å². The van der Waals surface area contributed by atoms with Gasteiger partial charge in [0.05, 0.1) is 17.9 Å². The summed E-state index contributed by atoms with van der Waals surface area (Å²) in [7, 11) is -3.47. The van der Waals surface area contributed by atoms with Gasteiger partial charge in [0.25, 0.3) is 0 Å². The van der Waals surface area contributed by atoms with Gasteiger partial charge < -0.3 is 4.74 Å². The average molecular weight is 281 g/mol. The Morgan fingerprint density at radius 1 is 1.21 bits per heavy atom. The molecule has 0 spiro atoms. The molecular weight excluding hydrogens is 266 g/mol. The third kappa shape index (κ3) is 2.15. The van der Waals surface area contributed by atoms with Gasteiger partial charge in [0, 0.05) is 12.5 Å². The molecule has 2 heterocycles. The summed E-state index contributed by atoms with van der Waals surface area (Å²) in [4.78, 5) is 11.4. The molecule has 19 heavy (non-hydrogen) atoms. The van der Waals surface area contributed by atoms with Gasteiger partial charge in [0.2, 0.25) is 10.0 Å². The van der Waals surface area contributed by atoms with Crippen molar-refractivity contribution in [1.29, 1.82) is 0 Å². The smallest absolute Gasteiger partial charge is 0.306 e. The molecule has 102 valence electrons. The second-order valence-corrected chi connectivity index (χ2v) is 7.07. The van der Waals surface area contributed by atoms with Crippen LogP contribution in [0.5, 0.6) is 0 Å². The number of hydrogen-bond donors (Lipinski definition) is 0. The minimum absolute atomic E-state index is 0.00715. The molecule has 1 aromatic carbocycles. The van der Waals surface area contributed by atoms with Crippen molar-refractivity contribution in [3.63, 3.8) is 0 Å². The standard InChI is InChI=1S/C13H15NO4S/c1-9-2-4-11(5-3-9)19(16,17)14-7-10-6-13(15)18-12(10)8-14/h2-5,10,12H,6-8H2,1H3/t10-,12+/m0/s1. The number of esters is 1. The van der Waals surface area contributed by atoms with E-state index in [2.05, 4.69) is 0 Å². The zero-order valence-corrected chi connectivity index (χ0v) is 11.4. The monoisotopic (exact) mass is 281 g/mol. The lowest BCUT2D eigenvalue weighted by Gasteiger charge is -2.17. The van der Waals surface area contributed by atoms with E-state index in [1.807, 2.05) is 6.92 Å². The molecule has 0 radical (unpaired) electrons. The summed E-state index contributed by atoms with van der Waals surface area (Å²) < 4.78 is 31.4. The lowest BCUT2D eigenvalue weighted by molar-refractivity contribution is -0.141. The van der Waals surface area contributed by atoms with E-state index in [0.717, 1.165) is 5.56 Å². The minimum Gasteiger partial charge on any atom is -0.461 e. The zero-order chi connectivity index (χ0) is 13.6. The zero-order valence-electron chi connectivity index (χ0n) is 10.6. The van der Waals surface area contributed by atoms with Crippen LogP contribution in [0.3, 0.4) is 0 Å². The van der Waals surface area contributed by atoms with Crippen molar-refractivity contribution >= 4 is 16.0 Å². The molecule has 2 fully saturated rings. The van der Waals surface area contributed by atoms with Crippen molar-refractivity contribution in [3.05, 3.63) is 29.8 Å². The van der Waals surface area contributed by atoms with Crippen molar-refractivity contribution in [2.24, 2.45) is 5.92 Å². The van der Waals surface area contributed by atoms with E-state index in [1.165, 1.54) is 4.31 Å². The van der Waals surface area contributed by atoms with E-state index < -0.39 is 10.0 Å². The summed E-state index contributed by atoms with van der Waals surface area (Å²) in [5, 5.41) is 0. The SMILES string of the molecule is Cc1ccc(S(=O)(=O)N2C[C@@H]3CC(=O)O[C@@H]3C2)cc1. The summed E-state index contributed by atoms with van der Waals surface area (Å²) in [5.74, 6) is -0.213. The Balaban J connectivity index is 1.83. The fourth-order valence-electron chi connectivity index (χ4n) is 2.62. The average Bonchev–Trinajstić information content (AvgIpc) is 2.87. The Kier molecular flexibility index (Phi) is 2.87. The van der Waals surface area contributed by atoms with E-state index in [4.69, 9.17) is 4.74 Å². The van der Waals surface area contributed by atoms with E-state index in [1.54, 1.807) is 24.3 Å². The lowest BCUT2D eigenvalue weighted by atomic mass is 10.1. The van der Waals surface area contributed by atoms with Crippen molar-refractivity contribution in [2.75, 3.05) is 13.1 Å². The molecule has 2 saturated heterocycles. The second kappa shape index (κ2) is 4.31. The number of carbonyl (C=O) groups excluding carboxylic acids is 1. The summed E-state index contributed by atoms with van der Waals surface area (Å²) in [6.45, 7) is 2.55. The first-order valence-electron chi connectivity index (χ1n) is 6.23. The van der Waals surface area contributed by atoms with Gasteiger partial charge in [-0.15, -0.1) is 0 Å². The first-order chi connectivity index (χ1) is 8.96. The highest BCUT2D eigenvalue weighted by atomic mass is 32.2. The van der Waals surface area contributed by atoms with Crippen molar-refractivity contribution < 1.29 is 17.9 Å². The summed E-state index contributed by atoms with van der Waals surface area (Å²) >= 11 is 0. The minimum atomic E-state index is -3.47. The van der Waals surface area contributed by atoms with Crippen molar-refractivity contribution in [2.45, 2.75) is 24.3 Å². The molecule has 3 rings (SSSR count). The third-order valence-corrected chi connectivity index (χ3v) is 5.56. The molecular formula is C13H15NO4S. The van der Waals surface area contributed by atoms with Crippen LogP contribution in [0.15, 0.2) is 29.2 Å². The summed E-state index contributed by atoms with van der Waals surface area (Å²) in [6, 6.07) is 6.79. The Morgan fingerprint density at radius 2 is 1.89 bits per heavy atom. The number of hydrogen-bond acceptors (Lipinski definition) is 4. The van der Waals surface area contributed by atoms with Crippen LogP contribution in [0.2, 0.25) is 0 Å². The van der Waals surface area contributed by atoms with E-state index in [9.17, 15) is 13.2 Å². The van der Waals surface area contributed by atoms with E-state index in [-0.39, 0.29) is 24.5 Å². The maximum absolute atomic E-state index is 12.4. The number of carbonyl (C=O) groups is 1. The van der Waals surface area contributed by atoms with Gasteiger partial charge >= 0.3 is 5.97 Å². The molecule has 0 amide bonds. The maximum Gasteiger partial charge on any atom is 0.306 e. The molecule has 1 aromatic rings. The van der Waals surface area contributed by atoms with E-state index in [0.29, 0.717) is 17.9 Å². The van der Waals surface area contributed by atoms with Crippen LogP contribution in [-0.4, -0.2) is 37.9 Å². The Labute approximate surface area is 112 Å². The van der Waals surface area contributed by atoms with Gasteiger partial charge in [0.15, 0.2) is 0 Å². The second-order valence-electron chi connectivity index (χ2n) is 5.13. The number of fused-ring (bicyclic) bond motifs is 1. The largest absolute Gasteiger partial charge is 0.461 e. The molecule has 0 aliphatic carbocycles. The highest BCUT2D eigenvalue weighted by molar-refractivity contribution is 7.89. The Hall–Kier alpha value is -1.40. The van der Waals surface area contributed by atoms with Crippen molar-refractivity contribution in [3.8, 4) is 0 Å². The number of benzene rings is 1. The number of ether oxygens (including phenoxy) is 1. The van der Waals surface area contributed by atoms with Crippen LogP contribution >= 0.6 is 0 Å². The molecule has 2 aliphatic heterocycles. The van der Waals surface area contributed by atoms with Crippen molar-refractivity contribution in [1.82, 2.24) is 4.31 Å². The molecule has 0 N–H and O–H groups in total. The van der Waals surface area contributed by atoms with Crippen LogP contribution in [-0.2, 0) is 19.6 Å². The van der Waals surface area contributed by atoms with Gasteiger partial charge in [-0.25, -0.2) is 8.42 Å². The quantitative estimate of drug-likeness (QED) is 0.757.